The first kappa shape index (κ1) is 14.1. The molecule has 0 saturated heterocycles. The molecule has 0 aromatic heterocycles. The number of fused-ring (bicyclic) bond motifs is 1. The van der Waals surface area contributed by atoms with Gasteiger partial charge in [-0.05, 0) is 25.1 Å². The summed E-state index contributed by atoms with van der Waals surface area (Å²) in [7, 11) is -1.71. The third kappa shape index (κ3) is 3.17. The molecule has 106 valence electrons. The normalized spacial score (nSPS) is 16.7. The number of nitrogens with one attached hydrogen (secondary N) is 1. The number of nitrogens with zero attached hydrogens (tertiary/aromatic N) is 1. The van der Waals surface area contributed by atoms with Crippen LogP contribution >= 0.6 is 0 Å². The number of ether oxygens (including phenoxy) is 1. The predicted molar refractivity (Wildman–Crippen MR) is 72.1 cm³/mol. The molecule has 1 unspecified atom stereocenters. The van der Waals surface area contributed by atoms with Crippen molar-refractivity contribution < 1.29 is 18.3 Å². The summed E-state index contributed by atoms with van der Waals surface area (Å²) in [6, 6.07) is 4.74. The van der Waals surface area contributed by atoms with Crippen LogP contribution in [0.4, 0.5) is 5.69 Å². The molecule has 0 fully saturated rings. The number of hydrogen-bond donors (Lipinski definition) is 2. The van der Waals surface area contributed by atoms with Crippen molar-refractivity contribution in [3.63, 3.8) is 0 Å². The molecule has 0 amide bonds. The van der Waals surface area contributed by atoms with E-state index in [0.717, 1.165) is 12.2 Å². The van der Waals surface area contributed by atoms with Gasteiger partial charge in [0, 0.05) is 13.6 Å². The number of hydrogen-bond acceptors (Lipinski definition) is 5. The summed E-state index contributed by atoms with van der Waals surface area (Å²) in [4.78, 5) is 2.12. The molecule has 0 spiro atoms. The minimum Gasteiger partial charge on any atom is -0.490 e. The molecule has 2 N–H and O–H groups in total. The summed E-state index contributed by atoms with van der Waals surface area (Å²) >= 11 is 0. The number of rotatable bonds is 4. The van der Waals surface area contributed by atoms with E-state index in [1.54, 1.807) is 12.1 Å². The summed E-state index contributed by atoms with van der Waals surface area (Å²) < 4.78 is 31.9. The van der Waals surface area contributed by atoms with Gasteiger partial charge in [0.25, 0.3) is 0 Å². The topological polar surface area (TPSA) is 78.9 Å². The van der Waals surface area contributed by atoms with Crippen molar-refractivity contribution in [1.29, 1.82) is 0 Å². The van der Waals surface area contributed by atoms with E-state index in [2.05, 4.69) is 4.72 Å². The van der Waals surface area contributed by atoms with Crippen molar-refractivity contribution in [3.8, 4) is 5.75 Å². The Hall–Kier alpha value is -1.31. The first-order valence-electron chi connectivity index (χ1n) is 6.06. The fourth-order valence-corrected chi connectivity index (χ4v) is 2.95. The molecule has 7 heteroatoms. The first-order chi connectivity index (χ1) is 8.90. The molecule has 1 aliphatic heterocycles. The lowest BCUT2D eigenvalue weighted by Gasteiger charge is -2.28. The largest absolute Gasteiger partial charge is 0.490 e. The third-order valence-electron chi connectivity index (χ3n) is 2.90. The Balaban J connectivity index is 2.28. The molecule has 2 rings (SSSR count). The lowest BCUT2D eigenvalue weighted by atomic mass is 10.2. The van der Waals surface area contributed by atoms with Crippen LogP contribution < -0.4 is 14.4 Å². The van der Waals surface area contributed by atoms with Gasteiger partial charge in [0.15, 0.2) is 0 Å². The van der Waals surface area contributed by atoms with Crippen molar-refractivity contribution in [1.82, 2.24) is 4.72 Å². The fraction of sp³-hybridized carbons (Fsp3) is 0.500. The molecule has 1 aliphatic rings. The Kier molecular flexibility index (Phi) is 3.98. The van der Waals surface area contributed by atoms with Crippen molar-refractivity contribution in [2.45, 2.75) is 17.9 Å². The van der Waals surface area contributed by atoms with Crippen LogP contribution in [0.2, 0.25) is 0 Å². The average molecular weight is 286 g/mol. The third-order valence-corrected chi connectivity index (χ3v) is 4.33. The van der Waals surface area contributed by atoms with Crippen LogP contribution in [0.3, 0.4) is 0 Å². The monoisotopic (exact) mass is 286 g/mol. The Morgan fingerprint density at radius 3 is 2.95 bits per heavy atom. The molecule has 1 aromatic rings. The van der Waals surface area contributed by atoms with Gasteiger partial charge in [0.05, 0.1) is 23.2 Å². The maximum Gasteiger partial charge on any atom is 0.240 e. The second-order valence-corrected chi connectivity index (χ2v) is 6.37. The smallest absolute Gasteiger partial charge is 0.240 e. The number of aliphatic hydroxyl groups is 1. The lowest BCUT2D eigenvalue weighted by Crippen LogP contribution is -2.32. The summed E-state index contributed by atoms with van der Waals surface area (Å²) in [5, 5.41) is 9.14. The Morgan fingerprint density at radius 1 is 1.53 bits per heavy atom. The zero-order valence-corrected chi connectivity index (χ0v) is 11.8. The Labute approximate surface area is 113 Å². The van der Waals surface area contributed by atoms with Gasteiger partial charge in [-0.25, -0.2) is 13.1 Å². The van der Waals surface area contributed by atoms with E-state index in [1.165, 1.54) is 13.0 Å². The number of likely N-dealkylation sites (N-methyl/N-ethyl adjacent to an activating group) is 1. The molecule has 1 atom stereocenters. The number of anilines is 1. The molecule has 19 heavy (non-hydrogen) atoms. The van der Waals surface area contributed by atoms with Gasteiger partial charge in [-0.15, -0.1) is 0 Å². The minimum absolute atomic E-state index is 0.00818. The number of benzene rings is 1. The van der Waals surface area contributed by atoms with Crippen LogP contribution in [0.15, 0.2) is 23.1 Å². The standard InChI is InChI=1S/C12H18N2O4S/c1-9(15)8-13-19(16,17)10-3-4-12-11(7-10)14(2)5-6-18-12/h3-4,7,9,13,15H,5-6,8H2,1-2H3. The molecule has 0 radical (unpaired) electrons. The van der Waals surface area contributed by atoms with Gasteiger partial charge in [-0.3, -0.25) is 0 Å². The molecular weight excluding hydrogens is 268 g/mol. The minimum atomic E-state index is -3.60. The van der Waals surface area contributed by atoms with Crippen molar-refractivity contribution in [2.75, 3.05) is 31.6 Å². The van der Waals surface area contributed by atoms with Crippen LogP contribution in [0.1, 0.15) is 6.92 Å². The maximum absolute atomic E-state index is 12.0. The van der Waals surface area contributed by atoms with Gasteiger partial charge in [0.1, 0.15) is 12.4 Å². The van der Waals surface area contributed by atoms with Crippen LogP contribution in [0, 0.1) is 0 Å². The first-order valence-corrected chi connectivity index (χ1v) is 7.54. The molecule has 0 saturated carbocycles. The molecule has 0 aliphatic carbocycles. The van der Waals surface area contributed by atoms with Crippen LogP contribution in [-0.2, 0) is 10.0 Å². The summed E-state index contributed by atoms with van der Waals surface area (Å²) in [6.07, 6.45) is -0.724. The van der Waals surface area contributed by atoms with E-state index in [1.807, 2.05) is 11.9 Å². The van der Waals surface area contributed by atoms with Gasteiger partial charge < -0.3 is 14.7 Å². The molecule has 1 aromatic carbocycles. The van der Waals surface area contributed by atoms with Gasteiger partial charge in [-0.1, -0.05) is 0 Å². The molecule has 0 bridgehead atoms. The second kappa shape index (κ2) is 5.36. The average Bonchev–Trinajstić information content (AvgIpc) is 2.37. The quantitative estimate of drug-likeness (QED) is 0.825. The van der Waals surface area contributed by atoms with Crippen LogP contribution in [0.25, 0.3) is 0 Å². The van der Waals surface area contributed by atoms with E-state index in [9.17, 15) is 8.42 Å². The van der Waals surface area contributed by atoms with Gasteiger partial charge in [-0.2, -0.15) is 0 Å². The Bertz CT molecular complexity index is 557. The van der Waals surface area contributed by atoms with Gasteiger partial charge in [0.2, 0.25) is 10.0 Å². The van der Waals surface area contributed by atoms with Gasteiger partial charge >= 0.3 is 0 Å². The van der Waals surface area contributed by atoms with Crippen molar-refractivity contribution in [2.24, 2.45) is 0 Å². The van der Waals surface area contributed by atoms with E-state index in [-0.39, 0.29) is 11.4 Å². The SMILES string of the molecule is CC(O)CNS(=O)(=O)c1ccc2c(c1)N(C)CCO2. The highest BCUT2D eigenvalue weighted by molar-refractivity contribution is 7.89. The second-order valence-electron chi connectivity index (χ2n) is 4.60. The zero-order chi connectivity index (χ0) is 14.0. The van der Waals surface area contributed by atoms with Crippen molar-refractivity contribution in [3.05, 3.63) is 18.2 Å². The summed E-state index contributed by atoms with van der Waals surface area (Å²) in [6.45, 7) is 2.83. The molecular formula is C12H18N2O4S. The zero-order valence-electron chi connectivity index (χ0n) is 11.0. The lowest BCUT2D eigenvalue weighted by molar-refractivity contribution is 0.198. The number of aliphatic hydroxyl groups excluding tert-OH is 1. The fourth-order valence-electron chi connectivity index (χ4n) is 1.81. The maximum atomic E-state index is 12.0. The highest BCUT2D eigenvalue weighted by atomic mass is 32.2. The predicted octanol–water partition coefficient (Wildman–Crippen LogP) is 0.174. The highest BCUT2D eigenvalue weighted by Gasteiger charge is 2.20. The Morgan fingerprint density at radius 2 is 2.26 bits per heavy atom. The van der Waals surface area contributed by atoms with Crippen LogP contribution in [0.5, 0.6) is 5.75 Å². The molecule has 6 nitrogen and oxygen atoms in total. The van der Waals surface area contributed by atoms with Crippen molar-refractivity contribution >= 4 is 15.7 Å². The van der Waals surface area contributed by atoms with E-state index in [4.69, 9.17) is 9.84 Å². The van der Waals surface area contributed by atoms with Crippen LogP contribution in [-0.4, -0.2) is 46.4 Å². The summed E-state index contributed by atoms with van der Waals surface area (Å²) in [5.41, 5.74) is 0.756. The van der Waals surface area contributed by atoms with E-state index < -0.39 is 16.1 Å². The number of sulfonamides is 1. The summed E-state index contributed by atoms with van der Waals surface area (Å²) in [5.74, 6) is 0.684. The molecule has 1 heterocycles. The van der Waals surface area contributed by atoms with E-state index >= 15 is 0 Å². The van der Waals surface area contributed by atoms with E-state index in [0.29, 0.717) is 12.4 Å². The highest BCUT2D eigenvalue weighted by Crippen LogP contribution is 2.32.